The zero-order chi connectivity index (χ0) is 13.0. The van der Waals surface area contributed by atoms with Crippen LogP contribution in [0.4, 0.5) is 0 Å². The van der Waals surface area contributed by atoms with Crippen molar-refractivity contribution in [3.63, 3.8) is 0 Å². The Kier molecular flexibility index (Phi) is 5.84. The maximum atomic E-state index is 12.1. The third-order valence-corrected chi connectivity index (χ3v) is 2.86. The van der Waals surface area contributed by atoms with Crippen molar-refractivity contribution >= 4 is 14.0 Å². The second kappa shape index (κ2) is 5.92. The average molecular weight is 252 g/mol. The van der Waals surface area contributed by atoms with Crippen LogP contribution in [-0.2, 0) is 18.6 Å². The standard InChI is InChI=1S/C10H21O5P/c1-6-14-7-9(2,3)8(11)10(4,5)15-16(12)13/h16H,6-7H2,1-5H3,(H,12,13). The van der Waals surface area contributed by atoms with Gasteiger partial charge < -0.3 is 9.63 Å². The molecule has 0 bridgehead atoms. The van der Waals surface area contributed by atoms with Crippen molar-refractivity contribution in [3.8, 4) is 0 Å². The SMILES string of the molecule is CCOCC(C)(C)C(=O)C(C)(C)O[PH](=O)O. The third kappa shape index (κ3) is 4.74. The van der Waals surface area contributed by atoms with Gasteiger partial charge in [0, 0.05) is 12.0 Å². The van der Waals surface area contributed by atoms with E-state index >= 15 is 0 Å². The van der Waals surface area contributed by atoms with Gasteiger partial charge in [-0.3, -0.25) is 13.9 Å². The molecular formula is C10H21O5P. The molecule has 1 unspecified atom stereocenters. The van der Waals surface area contributed by atoms with Gasteiger partial charge in [0.1, 0.15) is 5.60 Å². The van der Waals surface area contributed by atoms with Crippen molar-refractivity contribution < 1.29 is 23.5 Å². The summed E-state index contributed by atoms with van der Waals surface area (Å²) in [6.45, 7) is 9.06. The summed E-state index contributed by atoms with van der Waals surface area (Å²) in [5.74, 6) is -0.249. The predicted octanol–water partition coefficient (Wildman–Crippen LogP) is 1.80. The lowest BCUT2D eigenvalue weighted by Gasteiger charge is -2.31. The molecular weight excluding hydrogens is 231 g/mol. The molecule has 0 heterocycles. The number of rotatable bonds is 7. The molecule has 5 nitrogen and oxygen atoms in total. The van der Waals surface area contributed by atoms with Gasteiger partial charge in [-0.05, 0) is 20.8 Å². The highest BCUT2D eigenvalue weighted by molar-refractivity contribution is 7.32. The molecule has 0 aromatic carbocycles. The summed E-state index contributed by atoms with van der Waals surface area (Å²) in [5, 5.41) is 0. The molecule has 6 heteroatoms. The maximum Gasteiger partial charge on any atom is 0.317 e. The molecule has 0 aromatic heterocycles. The van der Waals surface area contributed by atoms with Crippen LogP contribution in [0, 0.1) is 5.41 Å². The number of hydrogen-bond acceptors (Lipinski definition) is 4. The molecule has 1 N–H and O–H groups in total. The highest BCUT2D eigenvalue weighted by Gasteiger charge is 2.41. The number of carbonyl (C=O) groups is 1. The number of Topliss-reactive ketones (excluding diaryl/α,β-unsaturated/α-hetero) is 1. The first kappa shape index (κ1) is 15.8. The molecule has 0 aromatic rings. The van der Waals surface area contributed by atoms with Crippen molar-refractivity contribution in [3.05, 3.63) is 0 Å². The monoisotopic (exact) mass is 252 g/mol. The van der Waals surface area contributed by atoms with Crippen LogP contribution in [0.15, 0.2) is 0 Å². The molecule has 0 aliphatic rings. The van der Waals surface area contributed by atoms with Crippen molar-refractivity contribution in [1.29, 1.82) is 0 Å². The van der Waals surface area contributed by atoms with E-state index < -0.39 is 19.3 Å². The van der Waals surface area contributed by atoms with E-state index in [0.29, 0.717) is 6.61 Å². The Hall–Kier alpha value is -0.220. The van der Waals surface area contributed by atoms with E-state index in [0.717, 1.165) is 0 Å². The van der Waals surface area contributed by atoms with Crippen LogP contribution in [0.25, 0.3) is 0 Å². The minimum atomic E-state index is -3.13. The highest BCUT2D eigenvalue weighted by atomic mass is 31.1. The quantitative estimate of drug-likeness (QED) is 0.699. The molecule has 0 spiro atoms. The fraction of sp³-hybridized carbons (Fsp3) is 0.900. The summed E-state index contributed by atoms with van der Waals surface area (Å²) in [6.07, 6.45) is 0. The topological polar surface area (TPSA) is 72.8 Å². The van der Waals surface area contributed by atoms with Crippen molar-refractivity contribution in [2.45, 2.75) is 40.2 Å². The zero-order valence-electron chi connectivity index (χ0n) is 10.5. The number of hydrogen-bond donors (Lipinski definition) is 1. The fourth-order valence-corrected chi connectivity index (χ4v) is 2.03. The van der Waals surface area contributed by atoms with Gasteiger partial charge in [-0.1, -0.05) is 13.8 Å². The second-order valence-electron chi connectivity index (χ2n) is 4.73. The third-order valence-electron chi connectivity index (χ3n) is 2.17. The molecule has 0 fully saturated rings. The molecule has 0 saturated carbocycles. The zero-order valence-corrected chi connectivity index (χ0v) is 11.5. The van der Waals surface area contributed by atoms with E-state index in [1.165, 1.54) is 13.8 Å². The van der Waals surface area contributed by atoms with E-state index in [4.69, 9.17) is 14.2 Å². The molecule has 1 atom stereocenters. The van der Waals surface area contributed by atoms with E-state index in [1.54, 1.807) is 13.8 Å². The van der Waals surface area contributed by atoms with Crippen molar-refractivity contribution in [1.82, 2.24) is 0 Å². The first-order valence-corrected chi connectivity index (χ1v) is 6.44. The second-order valence-corrected chi connectivity index (χ2v) is 5.46. The number of ketones is 1. The molecule has 0 rings (SSSR count). The van der Waals surface area contributed by atoms with E-state index in [2.05, 4.69) is 0 Å². The summed E-state index contributed by atoms with van der Waals surface area (Å²) < 4.78 is 20.6. The molecule has 0 radical (unpaired) electrons. The number of ether oxygens (including phenoxy) is 1. The van der Waals surface area contributed by atoms with Crippen LogP contribution < -0.4 is 0 Å². The minimum Gasteiger partial charge on any atom is -0.381 e. The summed E-state index contributed by atoms with van der Waals surface area (Å²) >= 11 is 0. The van der Waals surface area contributed by atoms with Crippen LogP contribution in [0.1, 0.15) is 34.6 Å². The van der Waals surface area contributed by atoms with E-state index in [1.807, 2.05) is 6.92 Å². The molecule has 0 aliphatic carbocycles. The van der Waals surface area contributed by atoms with E-state index in [-0.39, 0.29) is 12.4 Å². The Morgan fingerprint density at radius 2 is 1.81 bits per heavy atom. The lowest BCUT2D eigenvalue weighted by Crippen LogP contribution is -2.45. The first-order valence-electron chi connectivity index (χ1n) is 5.18. The minimum absolute atomic E-state index is 0.249. The van der Waals surface area contributed by atoms with Gasteiger partial charge in [-0.15, -0.1) is 0 Å². The normalized spacial score (nSPS) is 14.9. The average Bonchev–Trinajstić information content (AvgIpc) is 2.11. The Balaban J connectivity index is 4.68. The van der Waals surface area contributed by atoms with Crippen LogP contribution >= 0.6 is 8.25 Å². The van der Waals surface area contributed by atoms with Crippen LogP contribution in [0.3, 0.4) is 0 Å². The van der Waals surface area contributed by atoms with Gasteiger partial charge in [0.2, 0.25) is 0 Å². The fourth-order valence-electron chi connectivity index (χ4n) is 1.50. The van der Waals surface area contributed by atoms with Gasteiger partial charge in [0.15, 0.2) is 5.78 Å². The van der Waals surface area contributed by atoms with Gasteiger partial charge in [0.25, 0.3) is 0 Å². The summed E-state index contributed by atoms with van der Waals surface area (Å²) in [5.41, 5.74) is -2.01. The maximum absolute atomic E-state index is 12.1. The van der Waals surface area contributed by atoms with Gasteiger partial charge in [0.05, 0.1) is 6.61 Å². The first-order chi connectivity index (χ1) is 7.13. The number of carbonyl (C=O) groups excluding carboxylic acids is 1. The Morgan fingerprint density at radius 1 is 1.31 bits per heavy atom. The lowest BCUT2D eigenvalue weighted by molar-refractivity contribution is -0.144. The summed E-state index contributed by atoms with van der Waals surface area (Å²) in [4.78, 5) is 20.8. The van der Waals surface area contributed by atoms with Crippen molar-refractivity contribution in [2.75, 3.05) is 13.2 Å². The lowest BCUT2D eigenvalue weighted by atomic mass is 9.81. The predicted molar refractivity (Wildman–Crippen MR) is 61.7 cm³/mol. The summed E-state index contributed by atoms with van der Waals surface area (Å²) in [7, 11) is -3.13. The van der Waals surface area contributed by atoms with Crippen LogP contribution in [0.5, 0.6) is 0 Å². The Labute approximate surface area is 97.1 Å². The molecule has 16 heavy (non-hydrogen) atoms. The highest BCUT2D eigenvalue weighted by Crippen LogP contribution is 2.32. The van der Waals surface area contributed by atoms with Crippen LogP contribution in [-0.4, -0.2) is 29.5 Å². The summed E-state index contributed by atoms with van der Waals surface area (Å²) in [6, 6.07) is 0. The van der Waals surface area contributed by atoms with Gasteiger partial charge in [-0.2, -0.15) is 0 Å². The largest absolute Gasteiger partial charge is 0.381 e. The molecule has 96 valence electrons. The van der Waals surface area contributed by atoms with Gasteiger partial charge in [-0.25, -0.2) is 0 Å². The molecule has 0 aliphatic heterocycles. The van der Waals surface area contributed by atoms with Crippen molar-refractivity contribution in [2.24, 2.45) is 5.41 Å². The van der Waals surface area contributed by atoms with E-state index in [9.17, 15) is 9.36 Å². The Morgan fingerprint density at radius 3 is 2.19 bits per heavy atom. The molecule has 0 amide bonds. The Bertz CT molecular complexity index is 272. The van der Waals surface area contributed by atoms with Crippen LogP contribution in [0.2, 0.25) is 0 Å². The smallest absolute Gasteiger partial charge is 0.317 e. The van der Waals surface area contributed by atoms with Gasteiger partial charge >= 0.3 is 8.25 Å². The molecule has 0 saturated heterocycles.